The van der Waals surface area contributed by atoms with Crippen molar-refractivity contribution in [3.05, 3.63) is 7.05 Å². The topological polar surface area (TPSA) is 63.9 Å². The van der Waals surface area contributed by atoms with E-state index in [0.29, 0.717) is 11.3 Å². The monoisotopic (exact) mass is 267 g/mol. The van der Waals surface area contributed by atoms with Crippen LogP contribution in [-0.2, 0) is 0 Å². The van der Waals surface area contributed by atoms with Crippen LogP contribution in [0.5, 0.6) is 0 Å². The molecular formula is C7H14BF3KNO3. The fraction of sp³-hybridized carbons (Fsp3) is 0.857. The molecule has 0 amide bonds. The second kappa shape index (κ2) is 7.70. The average molecular weight is 267 g/mol. The van der Waals surface area contributed by atoms with Gasteiger partial charge in [-0.3, -0.25) is 7.05 Å². The molecule has 0 saturated carbocycles. The molecule has 1 aliphatic heterocycles. The van der Waals surface area contributed by atoms with E-state index in [1.165, 1.54) is 0 Å². The molecule has 1 atom stereocenters. The molecule has 0 spiro atoms. The van der Waals surface area contributed by atoms with E-state index >= 15 is 0 Å². The van der Waals surface area contributed by atoms with Crippen LogP contribution < -0.4 is 51.4 Å². The van der Waals surface area contributed by atoms with E-state index in [1.807, 2.05) is 0 Å². The summed E-state index contributed by atoms with van der Waals surface area (Å²) in [6, 6.07) is -3.41. The Balaban J connectivity index is 0. The third kappa shape index (κ3) is 5.78. The number of likely N-dealkylation sites (tertiary alicyclic amines) is 1. The van der Waals surface area contributed by atoms with Crippen LogP contribution in [0.25, 0.3) is 0 Å². The van der Waals surface area contributed by atoms with Gasteiger partial charge in [-0.2, -0.15) is 8.78 Å². The van der Waals surface area contributed by atoms with E-state index in [9.17, 15) is 13.2 Å². The second-order valence-electron chi connectivity index (χ2n) is 3.45. The van der Waals surface area contributed by atoms with Gasteiger partial charge in [0.25, 0.3) is 0 Å². The zero-order chi connectivity index (χ0) is 12.3. The van der Waals surface area contributed by atoms with Crippen molar-refractivity contribution in [2.24, 2.45) is 0 Å². The molecule has 16 heavy (non-hydrogen) atoms. The fourth-order valence-electron chi connectivity index (χ4n) is 1.22. The minimum atomic E-state index is -3.41. The molecule has 1 saturated heterocycles. The van der Waals surface area contributed by atoms with Crippen LogP contribution in [0.2, 0.25) is 0 Å². The summed E-state index contributed by atoms with van der Waals surface area (Å²) in [6.45, 7) is 1.08. The van der Waals surface area contributed by atoms with Gasteiger partial charge in [-0.25, -0.2) is 4.39 Å². The number of hydrogen-bond donors (Lipinski definition) is 3. The van der Waals surface area contributed by atoms with Gasteiger partial charge >= 0.3 is 64.8 Å². The number of piperidine rings is 1. The number of rotatable bonds is 0. The summed E-state index contributed by atoms with van der Waals surface area (Å²) >= 11 is 0. The van der Waals surface area contributed by atoms with Gasteiger partial charge in [0.2, 0.25) is 0 Å². The van der Waals surface area contributed by atoms with Gasteiger partial charge in [0, 0.05) is 0 Å². The van der Waals surface area contributed by atoms with Crippen molar-refractivity contribution in [2.45, 2.75) is 31.5 Å². The zero-order valence-electron chi connectivity index (χ0n) is 9.33. The first-order chi connectivity index (χ1) is 6.61. The summed E-state index contributed by atoms with van der Waals surface area (Å²) in [5.74, 6) is 0. The van der Waals surface area contributed by atoms with Gasteiger partial charge in [-0.05, 0) is 26.3 Å². The van der Waals surface area contributed by atoms with Crippen molar-refractivity contribution in [3.63, 3.8) is 0 Å². The van der Waals surface area contributed by atoms with Gasteiger partial charge in [-0.1, -0.05) is 0 Å². The molecule has 90 valence electrons. The van der Waals surface area contributed by atoms with Crippen LogP contribution in [0, 0.1) is 7.05 Å². The summed E-state index contributed by atoms with van der Waals surface area (Å²) < 4.78 is 38.8. The molecule has 0 aromatic rings. The molecular weight excluding hydrogens is 253 g/mol. The van der Waals surface area contributed by atoms with Crippen molar-refractivity contribution in [1.29, 1.82) is 0 Å². The molecule has 0 aliphatic carbocycles. The van der Waals surface area contributed by atoms with E-state index in [4.69, 9.17) is 15.1 Å². The molecule has 1 aliphatic rings. The fourth-order valence-corrected chi connectivity index (χ4v) is 1.22. The summed E-state index contributed by atoms with van der Waals surface area (Å²) in [7, 11) is 0.923. The van der Waals surface area contributed by atoms with Crippen LogP contribution in [0.4, 0.5) is 13.2 Å². The van der Waals surface area contributed by atoms with E-state index in [-0.39, 0.29) is 64.4 Å². The van der Waals surface area contributed by atoms with Crippen LogP contribution >= 0.6 is 0 Å². The summed E-state index contributed by atoms with van der Waals surface area (Å²) in [6.07, 6.45) is 0.345. The summed E-state index contributed by atoms with van der Waals surface area (Å²) in [5.41, 5.74) is -2.42. The van der Waals surface area contributed by atoms with Gasteiger partial charge in [0.05, 0.1) is 0 Å². The Labute approximate surface area is 135 Å². The number of nitrogens with zero attached hydrogens (tertiary/aromatic N) is 1. The van der Waals surface area contributed by atoms with Crippen molar-refractivity contribution in [2.75, 3.05) is 6.54 Å². The average Bonchev–Trinajstić information content (AvgIpc) is 1.99. The molecule has 0 unspecified atom stereocenters. The Kier molecular flexibility index (Phi) is 9.46. The van der Waals surface area contributed by atoms with E-state index < -0.39 is 19.0 Å². The molecule has 0 radical (unpaired) electrons. The maximum atomic E-state index is 13.1. The Morgan fingerprint density at radius 1 is 1.25 bits per heavy atom. The predicted octanol–water partition coefficient (Wildman–Crippen LogP) is -2.85. The van der Waals surface area contributed by atoms with Crippen LogP contribution in [0.1, 0.15) is 19.8 Å². The Morgan fingerprint density at radius 2 is 1.62 bits per heavy atom. The SMILES string of the molecule is OB(O)O.[CH2-]N1CCC[C@](C)(F)C1(F)F.[K+]. The summed E-state index contributed by atoms with van der Waals surface area (Å²) in [5, 5.41) is 21.5. The number of halogens is 3. The Bertz CT molecular complexity index is 207. The molecule has 1 heterocycles. The molecule has 0 bridgehead atoms. The largest absolute Gasteiger partial charge is 1.00 e. The minimum Gasteiger partial charge on any atom is -0.402 e. The molecule has 0 aromatic heterocycles. The van der Waals surface area contributed by atoms with Crippen LogP contribution in [0.15, 0.2) is 0 Å². The number of hydrogen-bond acceptors (Lipinski definition) is 4. The Morgan fingerprint density at radius 3 is 1.88 bits per heavy atom. The first-order valence-corrected chi connectivity index (χ1v) is 4.30. The Hall–Kier alpha value is 1.33. The van der Waals surface area contributed by atoms with Crippen LogP contribution in [-0.4, -0.2) is 45.6 Å². The second-order valence-corrected chi connectivity index (χ2v) is 3.45. The molecule has 1 rings (SSSR count). The summed E-state index contributed by atoms with van der Waals surface area (Å²) in [4.78, 5) is 0.524. The molecule has 3 N–H and O–H groups in total. The van der Waals surface area contributed by atoms with E-state index in [1.54, 1.807) is 0 Å². The van der Waals surface area contributed by atoms with Gasteiger partial charge < -0.3 is 20.0 Å². The van der Waals surface area contributed by atoms with Crippen molar-refractivity contribution in [1.82, 2.24) is 4.90 Å². The van der Waals surface area contributed by atoms with Crippen molar-refractivity contribution in [3.8, 4) is 0 Å². The minimum absolute atomic E-state index is 0. The van der Waals surface area contributed by atoms with E-state index in [0.717, 1.165) is 6.92 Å². The zero-order valence-corrected chi connectivity index (χ0v) is 12.5. The maximum Gasteiger partial charge on any atom is 1.00 e. The maximum absolute atomic E-state index is 13.1. The van der Waals surface area contributed by atoms with Crippen molar-refractivity contribution < 1.29 is 79.6 Å². The number of alkyl halides is 3. The predicted molar refractivity (Wildman–Crippen MR) is 48.2 cm³/mol. The third-order valence-corrected chi connectivity index (χ3v) is 2.10. The molecule has 9 heteroatoms. The molecule has 4 nitrogen and oxygen atoms in total. The standard InChI is InChI=1S/C7H11F3N.BH3O3.K/c1-6(8)4-3-5-11(2)7(6,9)10;2-1(3)4;/h2-5H2,1H3;2-4H;/q-1;;+1/t6-;;/m0../s1. The van der Waals surface area contributed by atoms with Crippen LogP contribution in [0.3, 0.4) is 0 Å². The first-order valence-electron chi connectivity index (χ1n) is 4.30. The van der Waals surface area contributed by atoms with E-state index in [2.05, 4.69) is 7.05 Å². The third-order valence-electron chi connectivity index (χ3n) is 2.10. The molecule has 0 aromatic carbocycles. The molecule has 1 fully saturated rings. The van der Waals surface area contributed by atoms with Gasteiger partial charge in [-0.15, -0.1) is 0 Å². The normalized spacial score (nSPS) is 28.5. The quantitative estimate of drug-likeness (QED) is 0.251. The first kappa shape index (κ1) is 19.7. The van der Waals surface area contributed by atoms with Gasteiger partial charge in [0.1, 0.15) is 0 Å². The van der Waals surface area contributed by atoms with Crippen molar-refractivity contribution >= 4 is 7.32 Å². The van der Waals surface area contributed by atoms with Gasteiger partial charge in [0.15, 0.2) is 5.67 Å². The smallest absolute Gasteiger partial charge is 0.402 e.